The van der Waals surface area contributed by atoms with Crippen molar-refractivity contribution >= 4 is 16.8 Å². The van der Waals surface area contributed by atoms with Crippen LogP contribution in [0, 0.1) is 0 Å². The van der Waals surface area contributed by atoms with Gasteiger partial charge in [0, 0.05) is 53.9 Å². The summed E-state index contributed by atoms with van der Waals surface area (Å²) >= 11 is 0. The third-order valence-corrected chi connectivity index (χ3v) is 6.03. The van der Waals surface area contributed by atoms with Gasteiger partial charge in [-0.05, 0) is 41.3 Å². The molecule has 0 fully saturated rings. The summed E-state index contributed by atoms with van der Waals surface area (Å²) in [7, 11) is 3.25. The first kappa shape index (κ1) is 22.4. The molecule has 33 heavy (non-hydrogen) atoms. The van der Waals surface area contributed by atoms with E-state index in [0.717, 1.165) is 34.0 Å². The predicted octanol–water partition coefficient (Wildman–Crippen LogP) is 4.98. The molecule has 170 valence electrons. The molecular formula is C27H29N3O3. The van der Waals surface area contributed by atoms with Gasteiger partial charge < -0.3 is 19.8 Å². The third kappa shape index (κ3) is 4.70. The summed E-state index contributed by atoms with van der Waals surface area (Å²) in [6.45, 7) is 2.60. The zero-order chi connectivity index (χ0) is 23.2. The van der Waals surface area contributed by atoms with E-state index in [4.69, 9.17) is 9.47 Å². The number of H-pyrrole nitrogens is 1. The van der Waals surface area contributed by atoms with E-state index < -0.39 is 0 Å². The van der Waals surface area contributed by atoms with Gasteiger partial charge in [0.25, 0.3) is 0 Å². The molecule has 2 heterocycles. The number of fused-ring (bicyclic) bond motifs is 1. The van der Waals surface area contributed by atoms with Crippen molar-refractivity contribution in [3.05, 3.63) is 89.4 Å². The van der Waals surface area contributed by atoms with Crippen molar-refractivity contribution in [1.29, 1.82) is 0 Å². The maximum Gasteiger partial charge on any atom is 0.221 e. The maximum atomic E-state index is 13.1. The quantitative estimate of drug-likeness (QED) is 0.382. The third-order valence-electron chi connectivity index (χ3n) is 6.03. The van der Waals surface area contributed by atoms with E-state index in [2.05, 4.69) is 40.4 Å². The van der Waals surface area contributed by atoms with Crippen molar-refractivity contribution in [2.45, 2.75) is 32.2 Å². The molecule has 2 aromatic carbocycles. The number of carbonyl (C=O) groups excluding carboxylic acids is 1. The Bertz CT molecular complexity index is 1230. The van der Waals surface area contributed by atoms with Crippen LogP contribution in [0.15, 0.2) is 67.1 Å². The van der Waals surface area contributed by atoms with Crippen molar-refractivity contribution in [3.8, 4) is 11.5 Å². The van der Waals surface area contributed by atoms with Crippen LogP contribution in [0.4, 0.5) is 0 Å². The Morgan fingerprint density at radius 2 is 1.82 bits per heavy atom. The fourth-order valence-electron chi connectivity index (χ4n) is 4.35. The summed E-state index contributed by atoms with van der Waals surface area (Å²) in [5.41, 5.74) is 5.34. The summed E-state index contributed by atoms with van der Waals surface area (Å²) in [6, 6.07) is 15.9. The number of pyridine rings is 1. The molecule has 0 bridgehead atoms. The lowest BCUT2D eigenvalue weighted by atomic mass is 9.86. The number of aryl methyl sites for hydroxylation is 1. The standard InChI is InChI=1S/C27H29N3O3/c1-4-19-7-5-8-20-23(17-30-26(19)20)22(21-9-6-10-24(32-2)27(21)33-3)15-25(31)29-16-18-11-13-28-14-12-18/h5-14,17,22,30H,4,15-16H2,1-3H3,(H,29,31)/t22-/m1/s1. The van der Waals surface area contributed by atoms with Crippen LogP contribution in [0.5, 0.6) is 11.5 Å². The van der Waals surface area contributed by atoms with Crippen LogP contribution in [0.25, 0.3) is 10.9 Å². The summed E-state index contributed by atoms with van der Waals surface area (Å²) in [5.74, 6) is 1.04. The maximum absolute atomic E-state index is 13.1. The molecule has 6 nitrogen and oxygen atoms in total. The molecule has 2 aromatic heterocycles. The number of ether oxygens (including phenoxy) is 2. The molecule has 0 spiro atoms. The zero-order valence-electron chi connectivity index (χ0n) is 19.2. The molecule has 0 aliphatic carbocycles. The smallest absolute Gasteiger partial charge is 0.221 e. The number of para-hydroxylation sites is 2. The number of benzene rings is 2. The van der Waals surface area contributed by atoms with E-state index in [-0.39, 0.29) is 18.2 Å². The average molecular weight is 444 g/mol. The Hall–Kier alpha value is -3.80. The number of rotatable bonds is 9. The number of carbonyl (C=O) groups is 1. The van der Waals surface area contributed by atoms with Gasteiger partial charge in [-0.15, -0.1) is 0 Å². The Morgan fingerprint density at radius 1 is 1.03 bits per heavy atom. The van der Waals surface area contributed by atoms with Crippen molar-refractivity contribution in [2.75, 3.05) is 14.2 Å². The SMILES string of the molecule is CCc1cccc2c([C@H](CC(=O)NCc3ccncc3)c3cccc(OC)c3OC)c[nH]c12. The van der Waals surface area contributed by atoms with Crippen LogP contribution in [0.3, 0.4) is 0 Å². The van der Waals surface area contributed by atoms with Crippen molar-refractivity contribution in [2.24, 2.45) is 0 Å². The van der Waals surface area contributed by atoms with E-state index in [1.54, 1.807) is 26.6 Å². The highest BCUT2D eigenvalue weighted by Crippen LogP contribution is 2.42. The minimum absolute atomic E-state index is 0.0392. The van der Waals surface area contributed by atoms with Crippen molar-refractivity contribution in [1.82, 2.24) is 15.3 Å². The van der Waals surface area contributed by atoms with Gasteiger partial charge in [-0.1, -0.05) is 37.3 Å². The zero-order valence-corrected chi connectivity index (χ0v) is 19.2. The molecule has 4 aromatic rings. The lowest BCUT2D eigenvalue weighted by Crippen LogP contribution is -2.25. The molecule has 0 saturated heterocycles. The van der Waals surface area contributed by atoms with Crippen molar-refractivity contribution in [3.63, 3.8) is 0 Å². The lowest BCUT2D eigenvalue weighted by molar-refractivity contribution is -0.121. The molecule has 1 atom stereocenters. The molecule has 4 rings (SSSR count). The molecule has 1 amide bonds. The first-order valence-electron chi connectivity index (χ1n) is 11.1. The Labute approximate surface area is 194 Å². The number of nitrogens with one attached hydrogen (secondary N) is 2. The van der Waals surface area contributed by atoms with Crippen LogP contribution in [-0.2, 0) is 17.8 Å². The van der Waals surface area contributed by atoms with E-state index in [1.807, 2.05) is 36.5 Å². The number of hydrogen-bond acceptors (Lipinski definition) is 4. The van der Waals surface area contributed by atoms with Gasteiger partial charge >= 0.3 is 0 Å². The van der Waals surface area contributed by atoms with Crippen LogP contribution in [0.2, 0.25) is 0 Å². The normalized spacial score (nSPS) is 11.8. The van der Waals surface area contributed by atoms with E-state index in [0.29, 0.717) is 18.0 Å². The fraction of sp³-hybridized carbons (Fsp3) is 0.259. The van der Waals surface area contributed by atoms with Gasteiger partial charge in [-0.2, -0.15) is 0 Å². The van der Waals surface area contributed by atoms with Crippen LogP contribution in [0.1, 0.15) is 41.5 Å². The van der Waals surface area contributed by atoms with Gasteiger partial charge in [-0.25, -0.2) is 0 Å². The summed E-state index contributed by atoms with van der Waals surface area (Å²) in [6.07, 6.45) is 6.67. The molecule has 0 radical (unpaired) electrons. The number of aromatic amines is 1. The second-order valence-electron chi connectivity index (χ2n) is 7.91. The topological polar surface area (TPSA) is 76.2 Å². The number of nitrogens with zero attached hydrogens (tertiary/aromatic N) is 1. The second-order valence-corrected chi connectivity index (χ2v) is 7.91. The highest BCUT2D eigenvalue weighted by atomic mass is 16.5. The Morgan fingerprint density at radius 3 is 2.55 bits per heavy atom. The largest absolute Gasteiger partial charge is 0.493 e. The Balaban J connectivity index is 1.73. The molecular weight excluding hydrogens is 414 g/mol. The van der Waals surface area contributed by atoms with Gasteiger partial charge in [-0.3, -0.25) is 9.78 Å². The summed E-state index contributed by atoms with van der Waals surface area (Å²) < 4.78 is 11.3. The first-order valence-corrected chi connectivity index (χ1v) is 11.1. The van der Waals surface area contributed by atoms with E-state index >= 15 is 0 Å². The van der Waals surface area contributed by atoms with Gasteiger partial charge in [0.1, 0.15) is 0 Å². The van der Waals surface area contributed by atoms with E-state index in [1.165, 1.54) is 5.56 Å². The molecule has 2 N–H and O–H groups in total. The van der Waals surface area contributed by atoms with Gasteiger partial charge in [0.15, 0.2) is 11.5 Å². The van der Waals surface area contributed by atoms with E-state index in [9.17, 15) is 4.79 Å². The molecule has 6 heteroatoms. The molecule has 0 aliphatic rings. The minimum atomic E-state index is -0.214. The highest BCUT2D eigenvalue weighted by molar-refractivity contribution is 5.88. The monoisotopic (exact) mass is 443 g/mol. The number of aromatic nitrogens is 2. The number of amides is 1. The summed E-state index contributed by atoms with van der Waals surface area (Å²) in [4.78, 5) is 20.6. The predicted molar refractivity (Wildman–Crippen MR) is 130 cm³/mol. The van der Waals surface area contributed by atoms with Gasteiger partial charge in [0.05, 0.1) is 14.2 Å². The fourth-order valence-corrected chi connectivity index (χ4v) is 4.35. The molecule has 0 unspecified atom stereocenters. The number of hydrogen-bond donors (Lipinski definition) is 2. The number of methoxy groups -OCH3 is 2. The highest BCUT2D eigenvalue weighted by Gasteiger charge is 2.26. The van der Waals surface area contributed by atoms with Crippen LogP contribution < -0.4 is 14.8 Å². The van der Waals surface area contributed by atoms with Crippen LogP contribution >= 0.6 is 0 Å². The van der Waals surface area contributed by atoms with Crippen LogP contribution in [-0.4, -0.2) is 30.1 Å². The van der Waals surface area contributed by atoms with Gasteiger partial charge in [0.2, 0.25) is 5.91 Å². The Kier molecular flexibility index (Phi) is 6.93. The second kappa shape index (κ2) is 10.2. The molecule has 0 saturated carbocycles. The summed E-state index contributed by atoms with van der Waals surface area (Å²) in [5, 5.41) is 4.17. The van der Waals surface area contributed by atoms with Crippen molar-refractivity contribution < 1.29 is 14.3 Å². The first-order chi connectivity index (χ1) is 16.2. The lowest BCUT2D eigenvalue weighted by Gasteiger charge is -2.21. The minimum Gasteiger partial charge on any atom is -0.493 e. The molecule has 0 aliphatic heterocycles. The average Bonchev–Trinajstić information content (AvgIpc) is 3.30.